The molecule has 0 aliphatic carbocycles. The second kappa shape index (κ2) is 14.8. The number of nitrogens with one attached hydrogen (secondary N) is 2. The molecule has 2 atom stereocenters. The number of hydrogen-bond donors (Lipinski definition) is 2. The minimum absolute atomic E-state index is 0.120. The van der Waals surface area contributed by atoms with Crippen molar-refractivity contribution in [2.45, 2.75) is 12.2 Å². The second-order valence-electron chi connectivity index (χ2n) is 11.7. The average molecular weight is 647 g/mol. The molecule has 0 spiro atoms. The molecule has 8 nitrogen and oxygen atoms in total. The predicted molar refractivity (Wildman–Crippen MR) is 181 cm³/mol. The Bertz CT molecular complexity index is 1750. The number of morpholine rings is 2. The van der Waals surface area contributed by atoms with Gasteiger partial charge in [0.15, 0.2) is 0 Å². The summed E-state index contributed by atoms with van der Waals surface area (Å²) in [6, 6.07) is 29.3. The summed E-state index contributed by atoms with van der Waals surface area (Å²) in [5, 5.41) is 15.4. The lowest BCUT2D eigenvalue weighted by molar-refractivity contribution is 0.0276. The van der Waals surface area contributed by atoms with Crippen LogP contribution in [0.5, 0.6) is 0 Å². The van der Waals surface area contributed by atoms with Gasteiger partial charge in [-0.25, -0.2) is 18.1 Å². The summed E-state index contributed by atoms with van der Waals surface area (Å²) >= 11 is 0. The Balaban J connectivity index is 0.000000152. The van der Waals surface area contributed by atoms with Crippen LogP contribution in [0.3, 0.4) is 0 Å². The summed E-state index contributed by atoms with van der Waals surface area (Å²) in [5.74, 6) is -0.498. The van der Waals surface area contributed by atoms with Crippen LogP contribution in [0.4, 0.5) is 8.78 Å². The maximum absolute atomic E-state index is 13.0. The number of rotatable bonds is 6. The van der Waals surface area contributed by atoms with Gasteiger partial charge in [-0.15, -0.1) is 0 Å². The summed E-state index contributed by atoms with van der Waals surface area (Å²) in [4.78, 5) is 0. The normalized spacial score (nSPS) is 17.8. The quantitative estimate of drug-likeness (QED) is 0.210. The van der Waals surface area contributed by atoms with E-state index in [2.05, 4.69) is 69.4 Å². The van der Waals surface area contributed by atoms with E-state index in [9.17, 15) is 8.78 Å². The number of hydrogen-bond acceptors (Lipinski definition) is 6. The highest BCUT2D eigenvalue weighted by Crippen LogP contribution is 2.26. The van der Waals surface area contributed by atoms with E-state index in [0.717, 1.165) is 73.0 Å². The molecule has 8 rings (SSSR count). The summed E-state index contributed by atoms with van der Waals surface area (Å²) in [5.41, 5.74) is 8.25. The Hall–Kier alpha value is -5.00. The number of nitrogens with zero attached hydrogens (tertiary/aromatic N) is 4. The van der Waals surface area contributed by atoms with E-state index in [4.69, 9.17) is 9.47 Å². The Morgan fingerprint density at radius 3 is 1.27 bits per heavy atom. The van der Waals surface area contributed by atoms with Crippen molar-refractivity contribution in [2.24, 2.45) is 0 Å². The van der Waals surface area contributed by atoms with Crippen LogP contribution in [0.15, 0.2) is 122 Å². The molecule has 2 aromatic heterocycles. The molecule has 2 aliphatic heterocycles. The number of halogens is 2. The van der Waals surface area contributed by atoms with Gasteiger partial charge in [-0.2, -0.15) is 10.2 Å². The first kappa shape index (κ1) is 31.6. The maximum Gasteiger partial charge on any atom is 0.123 e. The summed E-state index contributed by atoms with van der Waals surface area (Å²) < 4.78 is 41.1. The van der Waals surface area contributed by atoms with Gasteiger partial charge in [-0.1, -0.05) is 48.5 Å². The van der Waals surface area contributed by atoms with E-state index >= 15 is 0 Å². The Kier molecular flexibility index (Phi) is 9.76. The zero-order chi connectivity index (χ0) is 32.7. The van der Waals surface area contributed by atoms with Gasteiger partial charge in [-0.3, -0.25) is 0 Å². The lowest BCUT2D eigenvalue weighted by Crippen LogP contribution is -2.33. The molecule has 2 aliphatic rings. The molecule has 0 bridgehead atoms. The maximum atomic E-state index is 13.0. The van der Waals surface area contributed by atoms with Gasteiger partial charge in [0.2, 0.25) is 0 Å². The summed E-state index contributed by atoms with van der Waals surface area (Å²) in [7, 11) is 0. The standard InChI is InChI=1S/2C19H18FN3O/c2*20-17-5-7-18(8-6-17)23-13-16(11-22-23)14-1-3-15(4-2-14)19-12-21-9-10-24-19/h2*1-8,11,13,19,21H,9-10,12H2/t2*19-/m10/s1. The van der Waals surface area contributed by atoms with Crippen molar-refractivity contribution < 1.29 is 18.3 Å². The number of aromatic nitrogens is 4. The van der Waals surface area contributed by atoms with Crippen LogP contribution in [-0.2, 0) is 9.47 Å². The fourth-order valence-electron chi connectivity index (χ4n) is 5.75. The highest BCUT2D eigenvalue weighted by atomic mass is 19.1. The van der Waals surface area contributed by atoms with Gasteiger partial charge in [-0.05, 0) is 70.8 Å². The minimum atomic E-state index is -0.249. The summed E-state index contributed by atoms with van der Waals surface area (Å²) in [6.45, 7) is 5.02. The first-order chi connectivity index (χ1) is 23.6. The van der Waals surface area contributed by atoms with E-state index in [1.165, 1.54) is 35.4 Å². The van der Waals surface area contributed by atoms with Crippen LogP contribution in [0, 0.1) is 11.6 Å². The van der Waals surface area contributed by atoms with Crippen molar-refractivity contribution in [1.82, 2.24) is 30.2 Å². The lowest BCUT2D eigenvalue weighted by Gasteiger charge is -2.24. The zero-order valence-electron chi connectivity index (χ0n) is 26.3. The molecule has 4 heterocycles. The topological polar surface area (TPSA) is 78.2 Å². The molecule has 4 aromatic carbocycles. The Labute approximate surface area is 278 Å². The number of benzene rings is 4. The van der Waals surface area contributed by atoms with Crippen LogP contribution >= 0.6 is 0 Å². The van der Waals surface area contributed by atoms with Crippen molar-refractivity contribution in [2.75, 3.05) is 39.4 Å². The van der Waals surface area contributed by atoms with Crippen molar-refractivity contribution >= 4 is 0 Å². The predicted octanol–water partition coefficient (Wildman–Crippen LogP) is 6.68. The molecule has 0 radical (unpaired) electrons. The van der Waals surface area contributed by atoms with Gasteiger partial charge in [0.05, 0.1) is 49.2 Å². The first-order valence-electron chi connectivity index (χ1n) is 16.1. The van der Waals surface area contributed by atoms with Crippen LogP contribution in [0.2, 0.25) is 0 Å². The van der Waals surface area contributed by atoms with Gasteiger partial charge in [0, 0.05) is 49.7 Å². The van der Waals surface area contributed by atoms with Crippen LogP contribution in [0.25, 0.3) is 33.6 Å². The van der Waals surface area contributed by atoms with E-state index in [-0.39, 0.29) is 23.8 Å². The molecule has 2 fully saturated rings. The molecule has 2 saturated heterocycles. The monoisotopic (exact) mass is 646 g/mol. The third-order valence-electron chi connectivity index (χ3n) is 8.43. The van der Waals surface area contributed by atoms with E-state index in [1.54, 1.807) is 33.6 Å². The van der Waals surface area contributed by atoms with Gasteiger partial charge in [0.1, 0.15) is 11.6 Å². The molecule has 2 N–H and O–H groups in total. The van der Waals surface area contributed by atoms with Crippen molar-refractivity contribution in [3.63, 3.8) is 0 Å². The summed E-state index contributed by atoms with van der Waals surface area (Å²) in [6.07, 6.45) is 7.76. The lowest BCUT2D eigenvalue weighted by atomic mass is 10.0. The van der Waals surface area contributed by atoms with Crippen LogP contribution in [0.1, 0.15) is 23.3 Å². The second-order valence-corrected chi connectivity index (χ2v) is 11.7. The molecule has 6 aromatic rings. The third kappa shape index (κ3) is 7.58. The molecule has 10 heteroatoms. The largest absolute Gasteiger partial charge is 0.371 e. The minimum Gasteiger partial charge on any atom is -0.371 e. The Morgan fingerprint density at radius 1 is 0.521 bits per heavy atom. The van der Waals surface area contributed by atoms with Crippen molar-refractivity contribution in [3.8, 4) is 33.6 Å². The van der Waals surface area contributed by atoms with E-state index in [0.29, 0.717) is 0 Å². The molecule has 0 amide bonds. The van der Waals surface area contributed by atoms with Gasteiger partial charge in [0.25, 0.3) is 0 Å². The first-order valence-corrected chi connectivity index (χ1v) is 16.1. The molecule has 0 saturated carbocycles. The average Bonchev–Trinajstić information content (AvgIpc) is 3.85. The molecule has 48 heavy (non-hydrogen) atoms. The number of ether oxygens (including phenoxy) is 2. The molecule has 0 unspecified atom stereocenters. The Morgan fingerprint density at radius 2 is 0.917 bits per heavy atom. The van der Waals surface area contributed by atoms with Crippen LogP contribution < -0.4 is 10.6 Å². The fraction of sp³-hybridized carbons (Fsp3) is 0.211. The zero-order valence-corrected chi connectivity index (χ0v) is 26.3. The van der Waals surface area contributed by atoms with Crippen molar-refractivity contribution in [1.29, 1.82) is 0 Å². The molecular formula is C38H36F2N6O2. The smallest absolute Gasteiger partial charge is 0.123 e. The van der Waals surface area contributed by atoms with Crippen molar-refractivity contribution in [3.05, 3.63) is 145 Å². The third-order valence-corrected chi connectivity index (χ3v) is 8.43. The van der Waals surface area contributed by atoms with Crippen LogP contribution in [-0.4, -0.2) is 59.0 Å². The van der Waals surface area contributed by atoms with Gasteiger partial charge < -0.3 is 20.1 Å². The van der Waals surface area contributed by atoms with E-state index in [1.807, 2.05) is 24.8 Å². The highest BCUT2D eigenvalue weighted by molar-refractivity contribution is 5.63. The van der Waals surface area contributed by atoms with E-state index < -0.39 is 0 Å². The fourth-order valence-corrected chi connectivity index (χ4v) is 5.75. The van der Waals surface area contributed by atoms with Gasteiger partial charge >= 0.3 is 0 Å². The SMILES string of the molecule is Fc1ccc(-n2cc(-c3ccc([C@@H]4CNCCO4)cc3)cn2)cc1.Fc1ccc(-n2cc(-c3ccc([C@H]4CNCCO4)cc3)cn2)cc1. The highest BCUT2D eigenvalue weighted by Gasteiger charge is 2.17. The molecule has 244 valence electrons. The molecular weight excluding hydrogens is 610 g/mol.